The van der Waals surface area contributed by atoms with E-state index in [-0.39, 0.29) is 18.1 Å². The molecule has 6 nitrogen and oxygen atoms in total. The minimum absolute atomic E-state index is 0.00881. The van der Waals surface area contributed by atoms with Gasteiger partial charge in [-0.2, -0.15) is 8.42 Å². The van der Waals surface area contributed by atoms with Crippen LogP contribution < -0.4 is 8.92 Å². The SMILES string of the molecule is COc1ccc(CC(=O)N(Cc2ccccc2)Cc2ccc(OS(C)(=O)=O)cc2)cc1. The predicted molar refractivity (Wildman–Crippen MR) is 119 cm³/mol. The van der Waals surface area contributed by atoms with Crippen LogP contribution in [0.5, 0.6) is 11.5 Å². The van der Waals surface area contributed by atoms with E-state index >= 15 is 0 Å². The van der Waals surface area contributed by atoms with E-state index in [0.717, 1.165) is 28.7 Å². The third-order valence-electron chi connectivity index (χ3n) is 4.63. The average Bonchev–Trinajstić information content (AvgIpc) is 2.75. The summed E-state index contributed by atoms with van der Waals surface area (Å²) >= 11 is 0. The molecule has 0 bridgehead atoms. The van der Waals surface area contributed by atoms with Gasteiger partial charge >= 0.3 is 10.1 Å². The molecule has 0 aromatic heterocycles. The van der Waals surface area contributed by atoms with Crippen molar-refractivity contribution in [3.63, 3.8) is 0 Å². The first kappa shape index (κ1) is 22.4. The second-order valence-electron chi connectivity index (χ2n) is 7.19. The van der Waals surface area contributed by atoms with E-state index < -0.39 is 10.1 Å². The highest BCUT2D eigenvalue weighted by atomic mass is 32.2. The van der Waals surface area contributed by atoms with Gasteiger partial charge in [0.25, 0.3) is 0 Å². The van der Waals surface area contributed by atoms with Crippen molar-refractivity contribution in [2.75, 3.05) is 13.4 Å². The minimum atomic E-state index is -3.58. The molecule has 1 amide bonds. The number of methoxy groups -OCH3 is 1. The topological polar surface area (TPSA) is 72.9 Å². The zero-order valence-electron chi connectivity index (χ0n) is 17.5. The fourth-order valence-electron chi connectivity index (χ4n) is 3.11. The van der Waals surface area contributed by atoms with Crippen LogP contribution in [0.1, 0.15) is 16.7 Å². The second-order valence-corrected chi connectivity index (χ2v) is 8.77. The van der Waals surface area contributed by atoms with Crippen molar-refractivity contribution in [3.05, 3.63) is 95.6 Å². The summed E-state index contributed by atoms with van der Waals surface area (Å²) in [6.45, 7) is 0.862. The predicted octanol–water partition coefficient (Wildman–Crippen LogP) is 3.81. The maximum Gasteiger partial charge on any atom is 0.306 e. The zero-order chi connectivity index (χ0) is 22.3. The molecule has 3 aromatic carbocycles. The molecule has 0 saturated heterocycles. The normalized spacial score (nSPS) is 11.0. The maximum absolute atomic E-state index is 13.1. The molecule has 0 heterocycles. The van der Waals surface area contributed by atoms with Crippen LogP contribution in [0, 0.1) is 0 Å². The van der Waals surface area contributed by atoms with E-state index in [0.29, 0.717) is 13.1 Å². The van der Waals surface area contributed by atoms with E-state index in [2.05, 4.69) is 0 Å². The number of carbonyl (C=O) groups is 1. The standard InChI is InChI=1S/C24H25NO5S/c1-29-22-12-8-19(9-13-22)16-24(26)25(17-20-6-4-3-5-7-20)18-21-10-14-23(15-11-21)30-31(2,27)28/h3-15H,16-18H2,1-2H3. The Morgan fingerprint density at radius 2 is 1.29 bits per heavy atom. The van der Waals surface area contributed by atoms with Crippen molar-refractivity contribution >= 4 is 16.0 Å². The van der Waals surface area contributed by atoms with Crippen LogP contribution in [0.15, 0.2) is 78.9 Å². The van der Waals surface area contributed by atoms with Gasteiger partial charge in [-0.3, -0.25) is 4.79 Å². The quantitative estimate of drug-likeness (QED) is 0.474. The third kappa shape index (κ3) is 7.15. The Morgan fingerprint density at radius 1 is 0.774 bits per heavy atom. The van der Waals surface area contributed by atoms with Gasteiger partial charge in [0.05, 0.1) is 19.8 Å². The van der Waals surface area contributed by atoms with Gasteiger partial charge in [-0.25, -0.2) is 0 Å². The molecule has 0 aliphatic rings. The first-order valence-electron chi connectivity index (χ1n) is 9.75. The summed E-state index contributed by atoms with van der Waals surface area (Å²) < 4.78 is 32.6. The molecule has 0 saturated carbocycles. The molecule has 0 radical (unpaired) electrons. The first-order valence-corrected chi connectivity index (χ1v) is 11.6. The highest BCUT2D eigenvalue weighted by Gasteiger charge is 2.16. The molecule has 0 N–H and O–H groups in total. The lowest BCUT2D eigenvalue weighted by atomic mass is 10.1. The molecule has 3 aromatic rings. The van der Waals surface area contributed by atoms with Gasteiger partial charge in [-0.1, -0.05) is 54.6 Å². The molecule has 0 fully saturated rings. The Hall–Kier alpha value is -3.32. The Balaban J connectivity index is 1.76. The van der Waals surface area contributed by atoms with Crippen molar-refractivity contribution < 1.29 is 22.1 Å². The number of carbonyl (C=O) groups excluding carboxylic acids is 1. The van der Waals surface area contributed by atoms with E-state index in [1.54, 1.807) is 36.3 Å². The lowest BCUT2D eigenvalue weighted by Gasteiger charge is -2.23. The van der Waals surface area contributed by atoms with E-state index in [1.165, 1.54) is 0 Å². The van der Waals surface area contributed by atoms with E-state index in [9.17, 15) is 13.2 Å². The number of hydrogen-bond donors (Lipinski definition) is 0. The number of nitrogens with zero attached hydrogens (tertiary/aromatic N) is 1. The van der Waals surface area contributed by atoms with Gasteiger partial charge < -0.3 is 13.8 Å². The Bertz CT molecular complexity index is 1090. The molecule has 0 unspecified atom stereocenters. The molecule has 0 aliphatic carbocycles. The molecule has 162 valence electrons. The second kappa shape index (κ2) is 10.1. The number of hydrogen-bond acceptors (Lipinski definition) is 5. The maximum atomic E-state index is 13.1. The minimum Gasteiger partial charge on any atom is -0.497 e. The van der Waals surface area contributed by atoms with Gasteiger partial charge in [0.15, 0.2) is 0 Å². The number of ether oxygens (including phenoxy) is 1. The van der Waals surface area contributed by atoms with Crippen LogP contribution in [-0.4, -0.2) is 32.6 Å². The fraction of sp³-hybridized carbons (Fsp3) is 0.208. The van der Waals surface area contributed by atoms with Gasteiger partial charge in [0, 0.05) is 13.1 Å². The van der Waals surface area contributed by atoms with Gasteiger partial charge in [0.2, 0.25) is 5.91 Å². The highest BCUT2D eigenvalue weighted by Crippen LogP contribution is 2.18. The van der Waals surface area contributed by atoms with Crippen molar-refractivity contribution in [1.82, 2.24) is 4.90 Å². The summed E-state index contributed by atoms with van der Waals surface area (Å²) in [5, 5.41) is 0. The summed E-state index contributed by atoms with van der Waals surface area (Å²) in [6, 6.07) is 23.9. The van der Waals surface area contributed by atoms with E-state index in [4.69, 9.17) is 8.92 Å². The molecular weight excluding hydrogens is 414 g/mol. The molecule has 7 heteroatoms. The van der Waals surface area contributed by atoms with Crippen LogP contribution in [0.4, 0.5) is 0 Å². The smallest absolute Gasteiger partial charge is 0.306 e. The van der Waals surface area contributed by atoms with Gasteiger partial charge in [0.1, 0.15) is 11.5 Å². The molecule has 0 atom stereocenters. The zero-order valence-corrected chi connectivity index (χ0v) is 18.3. The highest BCUT2D eigenvalue weighted by molar-refractivity contribution is 7.86. The Morgan fingerprint density at radius 3 is 1.84 bits per heavy atom. The van der Waals surface area contributed by atoms with Crippen molar-refractivity contribution in [3.8, 4) is 11.5 Å². The van der Waals surface area contributed by atoms with Crippen LogP contribution in [0.3, 0.4) is 0 Å². The number of rotatable bonds is 9. The van der Waals surface area contributed by atoms with Crippen molar-refractivity contribution in [2.45, 2.75) is 19.5 Å². The van der Waals surface area contributed by atoms with Crippen molar-refractivity contribution in [1.29, 1.82) is 0 Å². The molecule has 3 rings (SSSR count). The summed E-state index contributed by atoms with van der Waals surface area (Å²) in [4.78, 5) is 14.9. The Kier molecular flexibility index (Phi) is 7.31. The molecule has 0 spiro atoms. The summed E-state index contributed by atoms with van der Waals surface area (Å²) in [6.07, 6.45) is 1.27. The third-order valence-corrected chi connectivity index (χ3v) is 5.12. The molecular formula is C24H25NO5S. The van der Waals surface area contributed by atoms with Gasteiger partial charge in [-0.05, 0) is 41.0 Å². The van der Waals surface area contributed by atoms with Crippen LogP contribution in [0.2, 0.25) is 0 Å². The van der Waals surface area contributed by atoms with E-state index in [1.807, 2.05) is 54.6 Å². The summed E-state index contributed by atoms with van der Waals surface area (Å²) in [7, 11) is -1.98. The summed E-state index contributed by atoms with van der Waals surface area (Å²) in [5.74, 6) is 0.977. The first-order chi connectivity index (χ1) is 14.8. The average molecular weight is 440 g/mol. The molecule has 31 heavy (non-hydrogen) atoms. The number of benzene rings is 3. The largest absolute Gasteiger partial charge is 0.497 e. The Labute approximate surface area is 183 Å². The summed E-state index contributed by atoms with van der Waals surface area (Å²) in [5.41, 5.74) is 2.81. The number of amides is 1. The molecule has 0 aliphatic heterocycles. The van der Waals surface area contributed by atoms with Crippen LogP contribution in [0.25, 0.3) is 0 Å². The van der Waals surface area contributed by atoms with Crippen LogP contribution >= 0.6 is 0 Å². The lowest BCUT2D eigenvalue weighted by Crippen LogP contribution is -2.31. The monoisotopic (exact) mass is 439 g/mol. The lowest BCUT2D eigenvalue weighted by molar-refractivity contribution is -0.131. The van der Waals surface area contributed by atoms with Crippen molar-refractivity contribution in [2.24, 2.45) is 0 Å². The van der Waals surface area contributed by atoms with Crippen LogP contribution in [-0.2, 0) is 34.4 Å². The van der Waals surface area contributed by atoms with Gasteiger partial charge in [-0.15, -0.1) is 0 Å². The fourth-order valence-corrected chi connectivity index (χ4v) is 3.57.